The molecule has 1 aromatic carbocycles. The number of carbonyl (C=O) groups is 3. The van der Waals surface area contributed by atoms with Gasteiger partial charge in [-0.1, -0.05) is 0 Å². The summed E-state index contributed by atoms with van der Waals surface area (Å²) in [7, 11) is 0. The number of hydrogen-bond acceptors (Lipinski definition) is 5. The van der Waals surface area contributed by atoms with Crippen LogP contribution in [0.3, 0.4) is 0 Å². The Morgan fingerprint density at radius 3 is 2.48 bits per heavy atom. The van der Waals surface area contributed by atoms with Crippen LogP contribution >= 0.6 is 0 Å². The number of hydrogen-bond donors (Lipinski definition) is 1. The van der Waals surface area contributed by atoms with Crippen molar-refractivity contribution in [3.05, 3.63) is 46.8 Å². The van der Waals surface area contributed by atoms with Crippen LogP contribution in [-0.4, -0.2) is 29.2 Å². The first kappa shape index (κ1) is 18.8. The van der Waals surface area contributed by atoms with Crippen molar-refractivity contribution in [1.29, 1.82) is 0 Å². The molecule has 2 aromatic rings. The van der Waals surface area contributed by atoms with Gasteiger partial charge in [-0.3, -0.25) is 14.9 Å². The average molecular weight is 395 g/mol. The van der Waals surface area contributed by atoms with Crippen molar-refractivity contribution in [3.8, 4) is 11.5 Å². The molecule has 0 radical (unpaired) electrons. The largest absolute Gasteiger partial charge is 0.454 e. The zero-order valence-corrected chi connectivity index (χ0v) is 16.6. The summed E-state index contributed by atoms with van der Waals surface area (Å²) >= 11 is 0. The number of urea groups is 1. The number of aryl methyl sites for hydroxylation is 1. The third-order valence-corrected chi connectivity index (χ3v) is 5.06. The minimum Gasteiger partial charge on any atom is -0.454 e. The second-order valence-electron chi connectivity index (χ2n) is 7.29. The number of nitrogens with one attached hydrogen (secondary N) is 1. The number of aromatic nitrogens is 1. The van der Waals surface area contributed by atoms with Crippen molar-refractivity contribution in [1.82, 2.24) is 9.88 Å². The van der Waals surface area contributed by atoms with Crippen molar-refractivity contribution in [2.24, 2.45) is 0 Å². The molecular weight excluding hydrogens is 374 g/mol. The Bertz CT molecular complexity index is 1080. The van der Waals surface area contributed by atoms with Gasteiger partial charge in [0.1, 0.15) is 5.57 Å². The number of benzene rings is 1. The fourth-order valence-electron chi connectivity index (χ4n) is 3.82. The van der Waals surface area contributed by atoms with Gasteiger partial charge in [-0.2, -0.15) is 0 Å². The Kier molecular flexibility index (Phi) is 4.41. The predicted octanol–water partition coefficient (Wildman–Crippen LogP) is 3.08. The molecule has 4 amide bonds. The first-order valence-corrected chi connectivity index (χ1v) is 9.27. The highest BCUT2D eigenvalue weighted by Gasteiger charge is 2.37. The van der Waals surface area contributed by atoms with E-state index in [1.807, 2.05) is 19.9 Å². The van der Waals surface area contributed by atoms with Gasteiger partial charge in [0.25, 0.3) is 11.8 Å². The quantitative estimate of drug-likeness (QED) is 0.637. The minimum atomic E-state index is -0.802. The number of nitrogens with zero attached hydrogens (tertiary/aromatic N) is 2. The summed E-state index contributed by atoms with van der Waals surface area (Å²) in [6, 6.07) is 6.09. The molecule has 0 spiro atoms. The molecule has 3 heterocycles. The first-order chi connectivity index (χ1) is 13.8. The molecule has 150 valence electrons. The highest BCUT2D eigenvalue weighted by atomic mass is 16.7. The topological polar surface area (TPSA) is 89.9 Å². The smallest absolute Gasteiger partial charge is 0.335 e. The van der Waals surface area contributed by atoms with Crippen molar-refractivity contribution in [2.75, 3.05) is 11.7 Å². The van der Waals surface area contributed by atoms with Gasteiger partial charge >= 0.3 is 6.03 Å². The van der Waals surface area contributed by atoms with Crippen LogP contribution in [0.4, 0.5) is 10.5 Å². The van der Waals surface area contributed by atoms with E-state index >= 15 is 0 Å². The van der Waals surface area contributed by atoms with Crippen molar-refractivity contribution >= 4 is 29.6 Å². The van der Waals surface area contributed by atoms with Crippen LogP contribution in [-0.2, 0) is 9.59 Å². The molecule has 8 nitrogen and oxygen atoms in total. The van der Waals surface area contributed by atoms with Crippen molar-refractivity contribution in [3.63, 3.8) is 0 Å². The van der Waals surface area contributed by atoms with Gasteiger partial charge in [0.15, 0.2) is 11.5 Å². The number of anilines is 1. The third kappa shape index (κ3) is 3.06. The number of imide groups is 2. The minimum absolute atomic E-state index is 0.0774. The van der Waals surface area contributed by atoms with Gasteiger partial charge in [-0.25, -0.2) is 9.69 Å². The Balaban J connectivity index is 1.74. The molecule has 1 fully saturated rings. The van der Waals surface area contributed by atoms with Crippen LogP contribution in [0.2, 0.25) is 0 Å². The molecule has 0 aliphatic carbocycles. The zero-order valence-electron chi connectivity index (χ0n) is 16.6. The summed E-state index contributed by atoms with van der Waals surface area (Å²) in [6.07, 6.45) is 1.53. The van der Waals surface area contributed by atoms with Gasteiger partial charge < -0.3 is 14.0 Å². The molecule has 2 aliphatic rings. The lowest BCUT2D eigenvalue weighted by Crippen LogP contribution is -2.54. The molecule has 29 heavy (non-hydrogen) atoms. The van der Waals surface area contributed by atoms with Crippen LogP contribution in [0, 0.1) is 13.8 Å². The Morgan fingerprint density at radius 2 is 1.79 bits per heavy atom. The summed E-state index contributed by atoms with van der Waals surface area (Å²) in [5.41, 5.74) is 2.91. The summed E-state index contributed by atoms with van der Waals surface area (Å²) in [4.78, 5) is 38.8. The predicted molar refractivity (Wildman–Crippen MR) is 106 cm³/mol. The number of barbiturate groups is 1. The molecule has 0 saturated carbocycles. The standard InChI is InChI=1S/C21H21N3O5/c1-11(2)23-12(3)7-14(13(23)4)8-16-19(25)22-21(27)24(20(16)26)15-5-6-17-18(9-15)29-10-28-17/h5-9,11H,10H2,1-4H3,(H,22,25,27)/b16-8-. The Labute approximate surface area is 167 Å². The Hall–Kier alpha value is -3.55. The molecule has 8 heteroatoms. The van der Waals surface area contributed by atoms with E-state index in [0.717, 1.165) is 21.9 Å². The lowest BCUT2D eigenvalue weighted by atomic mass is 10.1. The highest BCUT2D eigenvalue weighted by Crippen LogP contribution is 2.36. The molecule has 0 unspecified atom stereocenters. The van der Waals surface area contributed by atoms with E-state index in [9.17, 15) is 14.4 Å². The fourth-order valence-corrected chi connectivity index (χ4v) is 3.82. The molecule has 0 bridgehead atoms. The summed E-state index contributed by atoms with van der Waals surface area (Å²) in [6.45, 7) is 8.12. The van der Waals surface area contributed by atoms with Crippen LogP contribution in [0.1, 0.15) is 36.8 Å². The van der Waals surface area contributed by atoms with Gasteiger partial charge in [0.05, 0.1) is 5.69 Å². The highest BCUT2D eigenvalue weighted by molar-refractivity contribution is 6.39. The van der Waals surface area contributed by atoms with E-state index in [1.165, 1.54) is 12.1 Å². The van der Waals surface area contributed by atoms with Crippen LogP contribution in [0.5, 0.6) is 11.5 Å². The molecule has 1 aromatic heterocycles. The monoisotopic (exact) mass is 395 g/mol. The Morgan fingerprint density at radius 1 is 1.07 bits per heavy atom. The normalized spacial score (nSPS) is 17.5. The maximum absolute atomic E-state index is 13.1. The van der Waals surface area contributed by atoms with Crippen LogP contribution < -0.4 is 19.7 Å². The van der Waals surface area contributed by atoms with Gasteiger partial charge in [-0.15, -0.1) is 0 Å². The van der Waals surface area contributed by atoms with Crippen LogP contribution in [0.25, 0.3) is 6.08 Å². The number of carbonyl (C=O) groups excluding carboxylic acids is 3. The number of ether oxygens (including phenoxy) is 2. The summed E-state index contributed by atoms with van der Waals surface area (Å²) in [5, 5.41) is 2.24. The third-order valence-electron chi connectivity index (χ3n) is 5.06. The average Bonchev–Trinajstić information content (AvgIpc) is 3.22. The van der Waals surface area contributed by atoms with Crippen molar-refractivity contribution in [2.45, 2.75) is 33.7 Å². The van der Waals surface area contributed by atoms with Gasteiger partial charge in [0.2, 0.25) is 6.79 Å². The van der Waals surface area contributed by atoms with Gasteiger partial charge in [-0.05, 0) is 57.5 Å². The van der Waals surface area contributed by atoms with E-state index in [1.54, 1.807) is 12.1 Å². The fraction of sp³-hybridized carbons (Fsp3) is 0.286. The number of fused-ring (bicyclic) bond motifs is 1. The second kappa shape index (κ2) is 6.80. The van der Waals surface area contributed by atoms with Crippen LogP contribution in [0.15, 0.2) is 29.8 Å². The SMILES string of the molecule is Cc1cc(/C=C2/C(=O)NC(=O)N(c3ccc4c(c3)OCO4)C2=O)c(C)n1C(C)C. The first-order valence-electron chi connectivity index (χ1n) is 9.27. The molecule has 4 rings (SSSR count). The lowest BCUT2D eigenvalue weighted by molar-refractivity contribution is -0.122. The molecule has 0 atom stereocenters. The molecule has 2 aliphatic heterocycles. The van der Waals surface area contributed by atoms with E-state index < -0.39 is 17.8 Å². The van der Waals surface area contributed by atoms with E-state index in [4.69, 9.17) is 9.47 Å². The summed E-state index contributed by atoms with van der Waals surface area (Å²) < 4.78 is 12.7. The molecule has 1 saturated heterocycles. The second-order valence-corrected chi connectivity index (χ2v) is 7.29. The number of amides is 4. The van der Waals surface area contributed by atoms with E-state index in [0.29, 0.717) is 17.2 Å². The maximum Gasteiger partial charge on any atom is 0.335 e. The zero-order chi connectivity index (χ0) is 20.9. The lowest BCUT2D eigenvalue weighted by Gasteiger charge is -2.26. The van der Waals surface area contributed by atoms with Crippen molar-refractivity contribution < 1.29 is 23.9 Å². The maximum atomic E-state index is 13.1. The van der Waals surface area contributed by atoms with E-state index in [-0.39, 0.29) is 18.4 Å². The molecule has 1 N–H and O–H groups in total. The number of rotatable bonds is 3. The summed E-state index contributed by atoms with van der Waals surface area (Å²) in [5.74, 6) is -0.434. The van der Waals surface area contributed by atoms with Gasteiger partial charge in [0, 0.05) is 23.5 Å². The molecular formula is C21H21N3O5. The van der Waals surface area contributed by atoms with E-state index in [2.05, 4.69) is 23.7 Å².